The van der Waals surface area contributed by atoms with Gasteiger partial charge in [-0.25, -0.2) is 4.79 Å². The molecule has 45 heavy (non-hydrogen) atoms. The van der Waals surface area contributed by atoms with Crippen LogP contribution in [0.2, 0.25) is 0 Å². The van der Waals surface area contributed by atoms with Gasteiger partial charge >= 0.3 is 6.09 Å². The van der Waals surface area contributed by atoms with Crippen LogP contribution in [0.3, 0.4) is 0 Å². The number of carbonyl (C=O) groups is 5. The summed E-state index contributed by atoms with van der Waals surface area (Å²) in [5, 5.41) is 12.5. The summed E-state index contributed by atoms with van der Waals surface area (Å²) in [4.78, 5) is 74.1. The largest absolute Gasteiger partial charge is 0.445 e. The highest BCUT2D eigenvalue weighted by atomic mass is 16.7. The number of nitrogens with zero attached hydrogens (tertiary/aromatic N) is 2. The van der Waals surface area contributed by atoms with Gasteiger partial charge in [-0.2, -0.15) is 0 Å². The van der Waals surface area contributed by atoms with Crippen LogP contribution in [-0.2, 0) is 35.4 Å². The van der Waals surface area contributed by atoms with Gasteiger partial charge in [-0.05, 0) is 36.7 Å². The van der Waals surface area contributed by atoms with Crippen molar-refractivity contribution >= 4 is 35.3 Å². The third-order valence-electron chi connectivity index (χ3n) is 8.35. The van der Waals surface area contributed by atoms with Gasteiger partial charge in [-0.1, -0.05) is 82.9 Å². The normalized spacial score (nSPS) is 22.2. The Kier molecular flexibility index (Phi) is 10.9. The minimum absolute atomic E-state index is 0.000257. The molecule has 2 heterocycles. The van der Waals surface area contributed by atoms with Crippen LogP contribution >= 0.6 is 0 Å². The van der Waals surface area contributed by atoms with Crippen molar-refractivity contribution in [3.63, 3.8) is 0 Å². The van der Waals surface area contributed by atoms with Gasteiger partial charge in [-0.15, -0.1) is 0 Å². The molecule has 2 fully saturated rings. The van der Waals surface area contributed by atoms with Crippen molar-refractivity contribution < 1.29 is 33.5 Å². The summed E-state index contributed by atoms with van der Waals surface area (Å²) in [6.45, 7) is 9.45. The van der Waals surface area contributed by atoms with Crippen LogP contribution < -0.4 is 16.0 Å². The smallest absolute Gasteiger partial charge is 0.408 e. The second-order valence-electron chi connectivity index (χ2n) is 13.5. The van der Waals surface area contributed by atoms with E-state index in [1.165, 1.54) is 4.90 Å². The Bertz CT molecular complexity index is 1290. The summed E-state index contributed by atoms with van der Waals surface area (Å²) in [6.07, 6.45) is 3.94. The van der Waals surface area contributed by atoms with Gasteiger partial charge in [0.2, 0.25) is 17.6 Å². The Hall–Kier alpha value is -3.96. The van der Waals surface area contributed by atoms with Gasteiger partial charge in [0.25, 0.3) is 5.91 Å². The van der Waals surface area contributed by atoms with Crippen LogP contribution in [0.4, 0.5) is 4.79 Å². The first kappa shape index (κ1) is 33.9. The minimum atomic E-state index is -1.04. The van der Waals surface area contributed by atoms with Crippen molar-refractivity contribution in [3.05, 3.63) is 35.9 Å². The molecule has 4 amide bonds. The number of benzene rings is 1. The van der Waals surface area contributed by atoms with Gasteiger partial charge < -0.3 is 30.4 Å². The molecule has 2 aliphatic heterocycles. The van der Waals surface area contributed by atoms with E-state index in [-0.39, 0.29) is 32.0 Å². The Morgan fingerprint density at radius 3 is 2.40 bits per heavy atom. The predicted octanol–water partition coefficient (Wildman–Crippen LogP) is 3.38. The van der Waals surface area contributed by atoms with Crippen molar-refractivity contribution in [3.8, 4) is 0 Å². The van der Waals surface area contributed by atoms with Gasteiger partial charge in [0.1, 0.15) is 18.7 Å². The molecule has 1 saturated carbocycles. The number of ketones is 1. The maximum absolute atomic E-state index is 14.3. The topological polar surface area (TPSA) is 155 Å². The zero-order valence-electron chi connectivity index (χ0n) is 27.0. The lowest BCUT2D eigenvalue weighted by atomic mass is 9.85. The molecule has 0 radical (unpaired) electrons. The highest BCUT2D eigenvalue weighted by Gasteiger charge is 2.55. The number of ether oxygens (including phenoxy) is 1. The Balaban J connectivity index is 1.54. The monoisotopic (exact) mass is 625 g/mol. The van der Waals surface area contributed by atoms with Crippen molar-refractivity contribution in [2.24, 2.45) is 10.6 Å². The molecule has 4 atom stereocenters. The molecule has 1 spiro atoms. The third-order valence-corrected chi connectivity index (χ3v) is 8.35. The van der Waals surface area contributed by atoms with E-state index in [1.807, 2.05) is 65.0 Å². The van der Waals surface area contributed by atoms with Crippen LogP contribution in [-0.4, -0.2) is 76.5 Å². The predicted molar refractivity (Wildman–Crippen MR) is 167 cm³/mol. The summed E-state index contributed by atoms with van der Waals surface area (Å²) in [5.74, 6) is -2.45. The average molecular weight is 626 g/mol. The first-order valence-electron chi connectivity index (χ1n) is 16.0. The van der Waals surface area contributed by atoms with E-state index in [9.17, 15) is 24.0 Å². The first-order valence-corrected chi connectivity index (χ1v) is 16.0. The Morgan fingerprint density at radius 2 is 1.78 bits per heavy atom. The minimum Gasteiger partial charge on any atom is -0.445 e. The molecule has 246 valence electrons. The molecule has 1 aromatic carbocycles. The summed E-state index contributed by atoms with van der Waals surface area (Å²) in [7, 11) is 0. The quantitative estimate of drug-likeness (QED) is 0.284. The zero-order valence-corrected chi connectivity index (χ0v) is 27.0. The lowest BCUT2D eigenvalue weighted by Crippen LogP contribution is -2.59. The van der Waals surface area contributed by atoms with E-state index in [0.717, 1.165) is 37.0 Å². The molecule has 12 nitrogen and oxygen atoms in total. The molecule has 1 aromatic rings. The number of oxime groups is 1. The van der Waals surface area contributed by atoms with Gasteiger partial charge in [-0.3, -0.25) is 19.2 Å². The maximum Gasteiger partial charge on any atom is 0.408 e. The van der Waals surface area contributed by atoms with E-state index in [2.05, 4.69) is 21.1 Å². The maximum atomic E-state index is 14.3. The van der Waals surface area contributed by atoms with Crippen LogP contribution in [0.1, 0.15) is 91.5 Å². The van der Waals surface area contributed by atoms with E-state index in [0.29, 0.717) is 12.8 Å². The number of rotatable bonds is 13. The molecular weight excluding hydrogens is 578 g/mol. The highest BCUT2D eigenvalue weighted by Crippen LogP contribution is 2.39. The van der Waals surface area contributed by atoms with Gasteiger partial charge in [0.15, 0.2) is 5.60 Å². The number of hydrogen-bond donors (Lipinski definition) is 3. The van der Waals surface area contributed by atoms with E-state index >= 15 is 0 Å². The molecule has 1 saturated heterocycles. The Morgan fingerprint density at radius 1 is 1.07 bits per heavy atom. The van der Waals surface area contributed by atoms with E-state index in [4.69, 9.17) is 9.57 Å². The molecule has 0 bridgehead atoms. The van der Waals surface area contributed by atoms with Crippen molar-refractivity contribution in [1.82, 2.24) is 20.9 Å². The number of alkyl carbamates (subject to hydrolysis) is 1. The second-order valence-corrected chi connectivity index (χ2v) is 13.5. The van der Waals surface area contributed by atoms with Crippen LogP contribution in [0, 0.1) is 5.41 Å². The lowest BCUT2D eigenvalue weighted by Gasteiger charge is -2.35. The zero-order chi connectivity index (χ0) is 32.8. The van der Waals surface area contributed by atoms with Crippen LogP contribution in [0.25, 0.3) is 0 Å². The number of likely N-dealkylation sites (tertiary alicyclic amines) is 1. The van der Waals surface area contributed by atoms with Crippen molar-refractivity contribution in [1.29, 1.82) is 0 Å². The third kappa shape index (κ3) is 8.82. The molecule has 1 aliphatic carbocycles. The SMILES string of the molecule is CCCC1=NO[C@]2(C1)C[C@@H](C(=O)N[C@@H](CCC)C(=O)C(=O)NC1CC1)N(C(=O)[C@@H](NC(=O)OCc1ccccc1)C(C)(C)C)C2. The number of hydrogen-bond acceptors (Lipinski definition) is 8. The molecule has 0 unspecified atom stereocenters. The van der Waals surface area contributed by atoms with Crippen molar-refractivity contribution in [2.75, 3.05) is 6.54 Å². The van der Waals surface area contributed by atoms with Crippen LogP contribution in [0.5, 0.6) is 0 Å². The second kappa shape index (κ2) is 14.4. The molecule has 3 aliphatic rings. The van der Waals surface area contributed by atoms with E-state index < -0.39 is 58.7 Å². The molecular formula is C33H47N5O7. The standard InChI is InChI=1S/C33H47N5O7/c1-6-11-23-17-33(45-37-23)18-25(28(40)35-24(12-7-2)26(39)29(41)34-22-15-16-22)38(20-33)30(42)27(32(3,4)5)36-31(43)44-19-21-13-9-8-10-14-21/h8-10,13-14,22,24-25,27H,6-7,11-12,15-20H2,1-5H3,(H,34,41)(H,35,40)(H,36,43)/t24-,25-,27+,33+/m0/s1. The highest BCUT2D eigenvalue weighted by molar-refractivity contribution is 6.38. The summed E-state index contributed by atoms with van der Waals surface area (Å²) in [6, 6.07) is 6.11. The first-order chi connectivity index (χ1) is 21.4. The fourth-order valence-corrected chi connectivity index (χ4v) is 5.79. The fraction of sp³-hybridized carbons (Fsp3) is 0.636. The summed E-state index contributed by atoms with van der Waals surface area (Å²) < 4.78 is 5.42. The number of amides is 4. The van der Waals surface area contributed by atoms with E-state index in [1.54, 1.807) is 0 Å². The number of Topliss-reactive ketones (excluding diaryl/α,β-unsaturated/α-hetero) is 1. The Labute approximate surface area is 265 Å². The average Bonchev–Trinajstić information content (AvgIpc) is 3.61. The fourth-order valence-electron chi connectivity index (χ4n) is 5.79. The summed E-state index contributed by atoms with van der Waals surface area (Å²) >= 11 is 0. The van der Waals surface area contributed by atoms with Crippen LogP contribution in [0.15, 0.2) is 35.5 Å². The molecule has 3 N–H and O–H groups in total. The lowest BCUT2D eigenvalue weighted by molar-refractivity contribution is -0.144. The molecule has 12 heteroatoms. The van der Waals surface area contributed by atoms with Crippen molar-refractivity contribution in [2.45, 2.75) is 122 Å². The number of nitrogens with one attached hydrogen (secondary N) is 3. The van der Waals surface area contributed by atoms with Gasteiger partial charge in [0, 0.05) is 18.9 Å². The molecule has 0 aromatic heterocycles. The number of carbonyl (C=O) groups excluding carboxylic acids is 5. The molecule has 4 rings (SSSR count). The summed E-state index contributed by atoms with van der Waals surface area (Å²) in [5.41, 5.74) is -0.00211. The van der Waals surface area contributed by atoms with Gasteiger partial charge in [0.05, 0.1) is 18.3 Å².